The Labute approximate surface area is 156 Å². The molecule has 4 nitrogen and oxygen atoms in total. The number of piperazine rings is 1. The van der Waals surface area contributed by atoms with E-state index in [1.165, 1.54) is 22.3 Å². The number of amides is 1. The summed E-state index contributed by atoms with van der Waals surface area (Å²) >= 11 is 0. The maximum Gasteiger partial charge on any atom is 0.238 e. The lowest BCUT2D eigenvalue weighted by atomic mass is 10.1. The van der Waals surface area contributed by atoms with E-state index >= 15 is 0 Å². The predicted octanol–water partition coefficient (Wildman–Crippen LogP) is 3.37. The van der Waals surface area contributed by atoms with Crippen LogP contribution in [0.15, 0.2) is 42.5 Å². The number of rotatable bonds is 5. The molecule has 1 saturated heterocycles. The molecule has 2 aromatic carbocycles. The molecule has 0 radical (unpaired) electrons. The zero-order valence-electron chi connectivity index (χ0n) is 16.1. The van der Waals surface area contributed by atoms with E-state index in [0.29, 0.717) is 6.54 Å². The first-order valence-electron chi connectivity index (χ1n) is 9.36. The van der Waals surface area contributed by atoms with E-state index in [4.69, 9.17) is 0 Å². The lowest BCUT2D eigenvalue weighted by Crippen LogP contribution is -2.48. The van der Waals surface area contributed by atoms with Crippen LogP contribution in [0, 0.1) is 20.8 Å². The van der Waals surface area contributed by atoms with Gasteiger partial charge in [0.05, 0.1) is 6.54 Å². The van der Waals surface area contributed by atoms with Crippen LogP contribution in [0.4, 0.5) is 5.69 Å². The summed E-state index contributed by atoms with van der Waals surface area (Å²) in [5.74, 6) is 0.0713. The lowest BCUT2D eigenvalue weighted by molar-refractivity contribution is -0.117. The van der Waals surface area contributed by atoms with Crippen molar-refractivity contribution in [3.63, 3.8) is 0 Å². The highest BCUT2D eigenvalue weighted by atomic mass is 16.2. The quantitative estimate of drug-likeness (QED) is 0.897. The maximum absolute atomic E-state index is 12.3. The molecule has 1 aliphatic rings. The summed E-state index contributed by atoms with van der Waals surface area (Å²) in [7, 11) is 0. The van der Waals surface area contributed by atoms with Crippen molar-refractivity contribution in [2.24, 2.45) is 0 Å². The Hall–Kier alpha value is -2.17. The van der Waals surface area contributed by atoms with Crippen molar-refractivity contribution in [1.82, 2.24) is 9.80 Å². The van der Waals surface area contributed by atoms with Gasteiger partial charge in [-0.05, 0) is 49.6 Å². The molecule has 1 amide bonds. The molecule has 2 aromatic rings. The van der Waals surface area contributed by atoms with Crippen molar-refractivity contribution in [1.29, 1.82) is 0 Å². The molecular weight excluding hydrogens is 322 g/mol. The maximum atomic E-state index is 12.3. The number of carbonyl (C=O) groups excluding carboxylic acids is 1. The fourth-order valence-corrected chi connectivity index (χ4v) is 3.51. The van der Waals surface area contributed by atoms with Crippen LogP contribution in [0.25, 0.3) is 0 Å². The van der Waals surface area contributed by atoms with Crippen molar-refractivity contribution in [2.45, 2.75) is 27.3 Å². The highest BCUT2D eigenvalue weighted by Gasteiger charge is 2.19. The third-order valence-corrected chi connectivity index (χ3v) is 4.86. The third kappa shape index (κ3) is 5.41. The van der Waals surface area contributed by atoms with Gasteiger partial charge in [-0.1, -0.05) is 35.9 Å². The van der Waals surface area contributed by atoms with Gasteiger partial charge in [0.1, 0.15) is 0 Å². The number of nitrogens with zero attached hydrogens (tertiary/aromatic N) is 2. The Kier molecular flexibility index (Phi) is 6.07. The zero-order valence-corrected chi connectivity index (χ0v) is 16.1. The predicted molar refractivity (Wildman–Crippen MR) is 107 cm³/mol. The number of hydrogen-bond donors (Lipinski definition) is 1. The Balaban J connectivity index is 1.44. The summed E-state index contributed by atoms with van der Waals surface area (Å²) in [6, 6.07) is 14.9. The van der Waals surface area contributed by atoms with E-state index in [1.54, 1.807) is 0 Å². The van der Waals surface area contributed by atoms with E-state index in [2.05, 4.69) is 66.2 Å². The van der Waals surface area contributed by atoms with Gasteiger partial charge in [0, 0.05) is 38.4 Å². The highest BCUT2D eigenvalue weighted by Crippen LogP contribution is 2.14. The number of benzene rings is 2. The van der Waals surface area contributed by atoms with Crippen LogP contribution in [0.3, 0.4) is 0 Å². The van der Waals surface area contributed by atoms with Crippen molar-refractivity contribution >= 4 is 11.6 Å². The SMILES string of the molecule is Cc1ccc(CN2CCN(CC(=O)Nc3cc(C)cc(C)c3)CC2)cc1. The van der Waals surface area contributed by atoms with Gasteiger partial charge in [-0.25, -0.2) is 0 Å². The molecule has 26 heavy (non-hydrogen) atoms. The molecule has 1 aliphatic heterocycles. The van der Waals surface area contributed by atoms with Gasteiger partial charge in [-0.15, -0.1) is 0 Å². The van der Waals surface area contributed by atoms with Gasteiger partial charge >= 0.3 is 0 Å². The largest absolute Gasteiger partial charge is 0.325 e. The van der Waals surface area contributed by atoms with Crippen molar-refractivity contribution in [3.8, 4) is 0 Å². The minimum absolute atomic E-state index is 0.0713. The van der Waals surface area contributed by atoms with Crippen LogP contribution in [0.1, 0.15) is 22.3 Å². The summed E-state index contributed by atoms with van der Waals surface area (Å²) in [6.45, 7) is 11.6. The topological polar surface area (TPSA) is 35.6 Å². The first-order valence-corrected chi connectivity index (χ1v) is 9.36. The number of nitrogens with one attached hydrogen (secondary N) is 1. The summed E-state index contributed by atoms with van der Waals surface area (Å²) in [5.41, 5.74) is 5.89. The normalized spacial score (nSPS) is 15.8. The lowest BCUT2D eigenvalue weighted by Gasteiger charge is -2.34. The van der Waals surface area contributed by atoms with Crippen LogP contribution in [-0.4, -0.2) is 48.4 Å². The zero-order chi connectivity index (χ0) is 18.5. The number of hydrogen-bond acceptors (Lipinski definition) is 3. The fraction of sp³-hybridized carbons (Fsp3) is 0.409. The monoisotopic (exact) mass is 351 g/mol. The fourth-order valence-electron chi connectivity index (χ4n) is 3.51. The Morgan fingerprint density at radius 3 is 2.04 bits per heavy atom. The molecule has 0 aliphatic carbocycles. The standard InChI is InChI=1S/C22H29N3O/c1-17-4-6-20(7-5-17)15-24-8-10-25(11-9-24)16-22(26)23-21-13-18(2)12-19(3)14-21/h4-7,12-14H,8-11,15-16H2,1-3H3,(H,23,26). The van der Waals surface area contributed by atoms with E-state index in [0.717, 1.165) is 38.4 Å². The third-order valence-electron chi connectivity index (χ3n) is 4.86. The van der Waals surface area contributed by atoms with Gasteiger partial charge in [0.15, 0.2) is 0 Å². The van der Waals surface area contributed by atoms with Gasteiger partial charge in [-0.2, -0.15) is 0 Å². The van der Waals surface area contributed by atoms with Gasteiger partial charge in [0.25, 0.3) is 0 Å². The summed E-state index contributed by atoms with van der Waals surface area (Å²) in [4.78, 5) is 17.0. The molecule has 1 heterocycles. The van der Waals surface area contributed by atoms with E-state index in [-0.39, 0.29) is 5.91 Å². The Morgan fingerprint density at radius 1 is 0.846 bits per heavy atom. The molecule has 0 bridgehead atoms. The molecule has 0 unspecified atom stereocenters. The van der Waals surface area contributed by atoms with Gasteiger partial charge < -0.3 is 5.32 Å². The molecule has 138 valence electrons. The molecule has 0 atom stereocenters. The first-order chi connectivity index (χ1) is 12.5. The Morgan fingerprint density at radius 2 is 1.42 bits per heavy atom. The number of anilines is 1. The van der Waals surface area contributed by atoms with Crippen LogP contribution < -0.4 is 5.32 Å². The minimum atomic E-state index is 0.0713. The molecule has 1 N–H and O–H groups in total. The second-order valence-electron chi connectivity index (χ2n) is 7.46. The van der Waals surface area contributed by atoms with Crippen LogP contribution >= 0.6 is 0 Å². The minimum Gasteiger partial charge on any atom is -0.325 e. The average molecular weight is 351 g/mol. The number of aryl methyl sites for hydroxylation is 3. The molecule has 3 rings (SSSR count). The first kappa shape index (κ1) is 18.6. The van der Waals surface area contributed by atoms with Crippen LogP contribution in [0.2, 0.25) is 0 Å². The molecule has 0 aromatic heterocycles. The molecular formula is C22H29N3O. The molecule has 4 heteroatoms. The summed E-state index contributed by atoms with van der Waals surface area (Å²) in [6.07, 6.45) is 0. The van der Waals surface area contributed by atoms with E-state index in [9.17, 15) is 4.79 Å². The second kappa shape index (κ2) is 8.47. The molecule has 1 fully saturated rings. The van der Waals surface area contributed by atoms with E-state index < -0.39 is 0 Å². The van der Waals surface area contributed by atoms with Gasteiger partial charge in [0.2, 0.25) is 5.91 Å². The van der Waals surface area contributed by atoms with Crippen molar-refractivity contribution in [3.05, 3.63) is 64.7 Å². The summed E-state index contributed by atoms with van der Waals surface area (Å²) < 4.78 is 0. The van der Waals surface area contributed by atoms with Crippen LogP contribution in [-0.2, 0) is 11.3 Å². The Bertz CT molecular complexity index is 726. The number of carbonyl (C=O) groups is 1. The van der Waals surface area contributed by atoms with Crippen molar-refractivity contribution in [2.75, 3.05) is 38.0 Å². The highest BCUT2D eigenvalue weighted by molar-refractivity contribution is 5.92. The molecule has 0 spiro atoms. The second-order valence-corrected chi connectivity index (χ2v) is 7.46. The van der Waals surface area contributed by atoms with Crippen molar-refractivity contribution < 1.29 is 4.79 Å². The average Bonchev–Trinajstić information content (AvgIpc) is 2.57. The molecule has 0 saturated carbocycles. The van der Waals surface area contributed by atoms with E-state index in [1.807, 2.05) is 12.1 Å². The summed E-state index contributed by atoms with van der Waals surface area (Å²) in [5, 5.41) is 3.03. The van der Waals surface area contributed by atoms with Gasteiger partial charge in [-0.3, -0.25) is 14.6 Å². The smallest absolute Gasteiger partial charge is 0.238 e. The van der Waals surface area contributed by atoms with Crippen LogP contribution in [0.5, 0.6) is 0 Å².